The Labute approximate surface area is 202 Å². The van der Waals surface area contributed by atoms with Crippen molar-refractivity contribution in [3.05, 3.63) is 70.8 Å². The van der Waals surface area contributed by atoms with E-state index in [0.717, 1.165) is 50.5 Å². The lowest BCUT2D eigenvalue weighted by Gasteiger charge is -2.34. The quantitative estimate of drug-likeness (QED) is 0.290. The first kappa shape index (κ1) is 25.1. The molecule has 168 valence electrons. The summed E-state index contributed by atoms with van der Waals surface area (Å²) in [7, 11) is 3.44. The van der Waals surface area contributed by atoms with Gasteiger partial charge in [-0.2, -0.15) is 0 Å². The first-order chi connectivity index (χ1) is 14.6. The Morgan fingerprint density at radius 3 is 2.65 bits per heavy atom. The fraction of sp³-hybridized carbons (Fsp3) is 0.417. The SMILES string of the molecule is CN=C(NCCc1cccc(C(=O)NC)c1)NCC(C)N1CCc2ccccc2C1.I. The van der Waals surface area contributed by atoms with Crippen LogP contribution < -0.4 is 16.0 Å². The number of nitrogens with one attached hydrogen (secondary N) is 3. The molecule has 6 nitrogen and oxygen atoms in total. The average Bonchev–Trinajstić information content (AvgIpc) is 2.80. The maximum Gasteiger partial charge on any atom is 0.251 e. The summed E-state index contributed by atoms with van der Waals surface area (Å²) in [4.78, 5) is 18.6. The maximum absolute atomic E-state index is 11.8. The van der Waals surface area contributed by atoms with Gasteiger partial charge in [-0.1, -0.05) is 36.4 Å². The fourth-order valence-electron chi connectivity index (χ4n) is 3.83. The number of hydrogen-bond acceptors (Lipinski definition) is 3. The predicted octanol–water partition coefficient (Wildman–Crippen LogP) is 2.82. The van der Waals surface area contributed by atoms with E-state index in [1.54, 1.807) is 14.1 Å². The monoisotopic (exact) mass is 535 g/mol. The van der Waals surface area contributed by atoms with Gasteiger partial charge in [0.25, 0.3) is 5.91 Å². The number of rotatable bonds is 7. The van der Waals surface area contributed by atoms with Crippen LogP contribution in [0.1, 0.15) is 34.0 Å². The highest BCUT2D eigenvalue weighted by atomic mass is 127. The van der Waals surface area contributed by atoms with E-state index in [-0.39, 0.29) is 29.9 Å². The van der Waals surface area contributed by atoms with Gasteiger partial charge in [-0.25, -0.2) is 0 Å². The van der Waals surface area contributed by atoms with Gasteiger partial charge >= 0.3 is 0 Å². The van der Waals surface area contributed by atoms with Crippen LogP contribution in [0, 0.1) is 0 Å². The summed E-state index contributed by atoms with van der Waals surface area (Å²) in [5.41, 5.74) is 4.73. The van der Waals surface area contributed by atoms with Gasteiger partial charge in [-0.15, -0.1) is 24.0 Å². The summed E-state index contributed by atoms with van der Waals surface area (Å²) in [6, 6.07) is 16.9. The third kappa shape index (κ3) is 7.21. The summed E-state index contributed by atoms with van der Waals surface area (Å²) in [5, 5.41) is 9.49. The van der Waals surface area contributed by atoms with E-state index in [1.807, 2.05) is 24.3 Å². The lowest BCUT2D eigenvalue weighted by molar-refractivity contribution is 0.0963. The molecule has 2 aromatic rings. The normalized spacial score (nSPS) is 14.7. The van der Waals surface area contributed by atoms with Crippen LogP contribution in [0.3, 0.4) is 0 Å². The van der Waals surface area contributed by atoms with E-state index in [0.29, 0.717) is 11.6 Å². The van der Waals surface area contributed by atoms with E-state index in [1.165, 1.54) is 11.1 Å². The minimum atomic E-state index is -0.0587. The average molecular weight is 535 g/mol. The lowest BCUT2D eigenvalue weighted by Crippen LogP contribution is -2.47. The molecule has 1 heterocycles. The number of amides is 1. The highest BCUT2D eigenvalue weighted by molar-refractivity contribution is 14.0. The molecule has 0 fully saturated rings. The Hall–Kier alpha value is -2.13. The minimum Gasteiger partial charge on any atom is -0.356 e. The lowest BCUT2D eigenvalue weighted by atomic mass is 9.99. The standard InChI is InChI=1S/C24H33N5O.HI/c1-18(29-14-12-20-8-4-5-9-22(20)17-29)16-28-24(26-3)27-13-11-19-7-6-10-21(15-19)23(30)25-2;/h4-10,15,18H,11-14,16-17H2,1-3H3,(H,25,30)(H2,26,27,28);1H. The van der Waals surface area contributed by atoms with Gasteiger partial charge in [-0.3, -0.25) is 14.7 Å². The van der Waals surface area contributed by atoms with Crippen molar-refractivity contribution < 1.29 is 4.79 Å². The van der Waals surface area contributed by atoms with Gasteiger partial charge in [0, 0.05) is 51.9 Å². The van der Waals surface area contributed by atoms with Crippen molar-refractivity contribution in [2.45, 2.75) is 32.4 Å². The first-order valence-corrected chi connectivity index (χ1v) is 10.7. The second-order valence-electron chi connectivity index (χ2n) is 7.75. The molecule has 0 bridgehead atoms. The number of carbonyl (C=O) groups is 1. The van der Waals surface area contributed by atoms with E-state index in [9.17, 15) is 4.79 Å². The van der Waals surface area contributed by atoms with Crippen LogP contribution in [0.5, 0.6) is 0 Å². The zero-order valence-electron chi connectivity index (χ0n) is 18.6. The molecule has 3 N–H and O–H groups in total. The predicted molar refractivity (Wildman–Crippen MR) is 138 cm³/mol. The summed E-state index contributed by atoms with van der Waals surface area (Å²) in [6.07, 6.45) is 1.94. The molecule has 1 unspecified atom stereocenters. The molecule has 0 radical (unpaired) electrons. The Kier molecular flexibility index (Phi) is 10.3. The summed E-state index contributed by atoms with van der Waals surface area (Å²) in [6.45, 7) is 5.95. The van der Waals surface area contributed by atoms with Crippen LogP contribution in [0.2, 0.25) is 0 Å². The third-order valence-electron chi connectivity index (χ3n) is 5.69. The largest absolute Gasteiger partial charge is 0.356 e. The van der Waals surface area contributed by atoms with Crippen molar-refractivity contribution >= 4 is 35.8 Å². The third-order valence-corrected chi connectivity index (χ3v) is 5.69. The van der Waals surface area contributed by atoms with Gasteiger partial charge in [0.05, 0.1) is 0 Å². The molecule has 1 aliphatic heterocycles. The zero-order valence-corrected chi connectivity index (χ0v) is 21.0. The molecule has 0 saturated heterocycles. The fourth-order valence-corrected chi connectivity index (χ4v) is 3.83. The number of nitrogens with zero attached hydrogens (tertiary/aromatic N) is 2. The van der Waals surface area contributed by atoms with Crippen molar-refractivity contribution in [3.63, 3.8) is 0 Å². The first-order valence-electron chi connectivity index (χ1n) is 10.7. The second kappa shape index (κ2) is 12.7. The van der Waals surface area contributed by atoms with Crippen LogP contribution in [-0.4, -0.2) is 56.5 Å². The molecular weight excluding hydrogens is 501 g/mol. The van der Waals surface area contributed by atoms with E-state index in [4.69, 9.17) is 0 Å². The number of benzene rings is 2. The molecule has 0 spiro atoms. The molecule has 31 heavy (non-hydrogen) atoms. The molecule has 0 aromatic heterocycles. The van der Waals surface area contributed by atoms with Crippen LogP contribution in [0.4, 0.5) is 0 Å². The number of halogens is 1. The van der Waals surface area contributed by atoms with Crippen molar-refractivity contribution in [2.75, 3.05) is 33.7 Å². The molecular formula is C24H34IN5O. The van der Waals surface area contributed by atoms with E-state index < -0.39 is 0 Å². The van der Waals surface area contributed by atoms with Crippen molar-refractivity contribution in [3.8, 4) is 0 Å². The zero-order chi connectivity index (χ0) is 21.3. The van der Waals surface area contributed by atoms with Crippen molar-refractivity contribution in [2.24, 2.45) is 4.99 Å². The molecule has 3 rings (SSSR count). The number of guanidine groups is 1. The molecule has 7 heteroatoms. The molecule has 1 aliphatic rings. The van der Waals surface area contributed by atoms with Gasteiger partial charge in [-0.05, 0) is 48.6 Å². The summed E-state index contributed by atoms with van der Waals surface area (Å²) < 4.78 is 0. The smallest absolute Gasteiger partial charge is 0.251 e. The molecule has 2 aromatic carbocycles. The van der Waals surface area contributed by atoms with Gasteiger partial charge in [0.1, 0.15) is 0 Å². The second-order valence-corrected chi connectivity index (χ2v) is 7.75. The minimum absolute atomic E-state index is 0. The number of carbonyl (C=O) groups excluding carboxylic acids is 1. The van der Waals surface area contributed by atoms with Gasteiger partial charge in [0.15, 0.2) is 5.96 Å². The molecule has 1 atom stereocenters. The van der Waals surface area contributed by atoms with Crippen LogP contribution in [0.25, 0.3) is 0 Å². The highest BCUT2D eigenvalue weighted by Crippen LogP contribution is 2.19. The number of fused-ring (bicyclic) bond motifs is 1. The Morgan fingerprint density at radius 2 is 1.90 bits per heavy atom. The van der Waals surface area contributed by atoms with Gasteiger partial charge in [0.2, 0.25) is 0 Å². The Bertz CT molecular complexity index is 886. The van der Waals surface area contributed by atoms with Gasteiger partial charge < -0.3 is 16.0 Å². The Balaban J connectivity index is 0.00000341. The van der Waals surface area contributed by atoms with Crippen LogP contribution in [0.15, 0.2) is 53.5 Å². The summed E-state index contributed by atoms with van der Waals surface area (Å²) >= 11 is 0. The molecule has 0 aliphatic carbocycles. The van der Waals surface area contributed by atoms with Crippen molar-refractivity contribution in [1.82, 2.24) is 20.9 Å². The van der Waals surface area contributed by atoms with E-state index in [2.05, 4.69) is 57.0 Å². The van der Waals surface area contributed by atoms with Crippen LogP contribution >= 0.6 is 24.0 Å². The maximum atomic E-state index is 11.8. The van der Waals surface area contributed by atoms with Crippen molar-refractivity contribution in [1.29, 1.82) is 0 Å². The number of hydrogen-bond donors (Lipinski definition) is 3. The summed E-state index contributed by atoms with van der Waals surface area (Å²) in [5.74, 6) is 0.748. The van der Waals surface area contributed by atoms with Crippen LogP contribution in [-0.2, 0) is 19.4 Å². The van der Waals surface area contributed by atoms with E-state index >= 15 is 0 Å². The Morgan fingerprint density at radius 1 is 1.13 bits per heavy atom. The number of aliphatic imine (C=N–C) groups is 1. The highest BCUT2D eigenvalue weighted by Gasteiger charge is 2.20. The molecule has 0 saturated carbocycles. The topological polar surface area (TPSA) is 68.8 Å². The molecule has 1 amide bonds.